The molecular formula is C28H26N6OS. The molecule has 0 aliphatic heterocycles. The van der Waals surface area contributed by atoms with E-state index >= 15 is 0 Å². The molecule has 3 heterocycles. The number of para-hydroxylation sites is 2. The van der Waals surface area contributed by atoms with Crippen molar-refractivity contribution in [2.24, 2.45) is 5.92 Å². The van der Waals surface area contributed by atoms with Crippen LogP contribution >= 0.6 is 11.3 Å². The van der Waals surface area contributed by atoms with Crippen LogP contribution in [-0.4, -0.2) is 20.3 Å². The number of anilines is 4. The van der Waals surface area contributed by atoms with E-state index in [4.69, 9.17) is 15.7 Å². The molecule has 0 atom stereocenters. The summed E-state index contributed by atoms with van der Waals surface area (Å²) in [6.07, 6.45) is 9.05. The Morgan fingerprint density at radius 3 is 2.69 bits per heavy atom. The van der Waals surface area contributed by atoms with Gasteiger partial charge in [0.15, 0.2) is 5.13 Å². The number of thiazole rings is 1. The molecule has 3 aromatic heterocycles. The molecule has 0 bridgehead atoms. The number of amides is 1. The molecule has 1 fully saturated rings. The van der Waals surface area contributed by atoms with Crippen LogP contribution in [0.2, 0.25) is 0 Å². The van der Waals surface area contributed by atoms with E-state index in [1.807, 2.05) is 35.8 Å². The summed E-state index contributed by atoms with van der Waals surface area (Å²) < 4.78 is 2.14. The van der Waals surface area contributed by atoms with Crippen molar-refractivity contribution in [2.75, 3.05) is 16.4 Å². The minimum atomic E-state index is -0.208. The minimum Gasteiger partial charge on any atom is -0.397 e. The molecule has 1 saturated carbocycles. The monoisotopic (exact) mass is 494 g/mol. The van der Waals surface area contributed by atoms with Crippen LogP contribution in [0, 0.1) is 5.92 Å². The Hall–Kier alpha value is -4.17. The molecule has 0 spiro atoms. The van der Waals surface area contributed by atoms with Crippen LogP contribution in [0.1, 0.15) is 35.2 Å². The number of imidazole rings is 1. The van der Waals surface area contributed by atoms with E-state index in [0.29, 0.717) is 16.9 Å². The summed E-state index contributed by atoms with van der Waals surface area (Å²) in [6.45, 7) is 0. The van der Waals surface area contributed by atoms with Crippen LogP contribution in [0.5, 0.6) is 0 Å². The Labute approximate surface area is 213 Å². The van der Waals surface area contributed by atoms with Crippen LogP contribution in [0.3, 0.4) is 0 Å². The normalized spacial score (nSPS) is 13.4. The molecular weight excluding hydrogens is 468 g/mol. The summed E-state index contributed by atoms with van der Waals surface area (Å²) in [7, 11) is 0. The number of hydrogen-bond donors (Lipinski definition) is 3. The maximum Gasteiger partial charge on any atom is 0.255 e. The third-order valence-electron chi connectivity index (χ3n) is 6.72. The largest absolute Gasteiger partial charge is 0.397 e. The summed E-state index contributed by atoms with van der Waals surface area (Å²) >= 11 is 1.54. The Balaban J connectivity index is 1.15. The lowest BCUT2D eigenvalue weighted by atomic mass is 9.81. The fourth-order valence-electron chi connectivity index (χ4n) is 4.51. The number of fused-ring (bicyclic) bond motifs is 1. The fourth-order valence-corrected chi connectivity index (χ4v) is 5.23. The highest BCUT2D eigenvalue weighted by molar-refractivity contribution is 7.14. The second-order valence-electron chi connectivity index (χ2n) is 9.15. The van der Waals surface area contributed by atoms with Gasteiger partial charge < -0.3 is 16.4 Å². The molecule has 1 aliphatic rings. The number of hydrogen-bond acceptors (Lipinski definition) is 6. The van der Waals surface area contributed by atoms with E-state index in [1.54, 1.807) is 24.3 Å². The maximum atomic E-state index is 12.6. The van der Waals surface area contributed by atoms with Gasteiger partial charge in [0.25, 0.3) is 5.91 Å². The van der Waals surface area contributed by atoms with Crippen molar-refractivity contribution < 1.29 is 4.79 Å². The van der Waals surface area contributed by atoms with Crippen molar-refractivity contribution in [3.8, 4) is 11.4 Å². The summed E-state index contributed by atoms with van der Waals surface area (Å²) in [4.78, 5) is 22.1. The molecule has 0 unspecified atom stereocenters. The second kappa shape index (κ2) is 9.47. The number of nitrogens with one attached hydrogen (secondary N) is 2. The summed E-state index contributed by atoms with van der Waals surface area (Å²) in [5, 5.41) is 9.00. The highest BCUT2D eigenvalue weighted by Gasteiger charge is 2.20. The molecule has 5 aromatic rings. The highest BCUT2D eigenvalue weighted by Crippen LogP contribution is 2.32. The smallest absolute Gasteiger partial charge is 0.255 e. The number of nitrogens with zero attached hydrogens (tertiary/aromatic N) is 3. The number of benzene rings is 2. The molecule has 0 radical (unpaired) electrons. The highest BCUT2D eigenvalue weighted by atomic mass is 32.1. The van der Waals surface area contributed by atoms with Crippen molar-refractivity contribution in [2.45, 2.75) is 25.7 Å². The van der Waals surface area contributed by atoms with Gasteiger partial charge in [-0.25, -0.2) is 9.97 Å². The van der Waals surface area contributed by atoms with Crippen molar-refractivity contribution in [3.05, 3.63) is 89.6 Å². The lowest BCUT2D eigenvalue weighted by molar-refractivity contribution is 0.102. The predicted octanol–water partition coefficient (Wildman–Crippen LogP) is 6.38. The molecule has 2 aromatic carbocycles. The van der Waals surface area contributed by atoms with Gasteiger partial charge in [0.1, 0.15) is 11.3 Å². The molecule has 7 nitrogen and oxygen atoms in total. The Bertz CT molecular complexity index is 1530. The maximum absolute atomic E-state index is 12.6. The van der Waals surface area contributed by atoms with E-state index in [9.17, 15) is 4.79 Å². The van der Waals surface area contributed by atoms with E-state index < -0.39 is 0 Å². The lowest BCUT2D eigenvalue weighted by Gasteiger charge is -2.25. The van der Waals surface area contributed by atoms with Crippen molar-refractivity contribution >= 4 is 45.1 Å². The third kappa shape index (κ3) is 4.43. The Kier molecular flexibility index (Phi) is 5.87. The first-order valence-electron chi connectivity index (χ1n) is 12.1. The number of nitrogens with two attached hydrogens (primary N) is 1. The molecule has 1 aliphatic carbocycles. The molecule has 180 valence electrons. The first-order chi connectivity index (χ1) is 17.6. The van der Waals surface area contributed by atoms with Crippen LogP contribution in [0.25, 0.3) is 17.0 Å². The predicted molar refractivity (Wildman–Crippen MR) is 146 cm³/mol. The van der Waals surface area contributed by atoms with E-state index in [2.05, 4.69) is 33.4 Å². The van der Waals surface area contributed by atoms with Gasteiger partial charge in [0, 0.05) is 22.8 Å². The van der Waals surface area contributed by atoms with Gasteiger partial charge in [-0.05, 0) is 60.4 Å². The Morgan fingerprint density at radius 2 is 1.92 bits per heavy atom. The topological polar surface area (TPSA) is 97.3 Å². The summed E-state index contributed by atoms with van der Waals surface area (Å²) in [5.74, 6) is 0.584. The molecule has 36 heavy (non-hydrogen) atoms. The molecule has 1 amide bonds. The lowest BCUT2D eigenvalue weighted by Crippen LogP contribution is -2.14. The van der Waals surface area contributed by atoms with Crippen molar-refractivity contribution in [1.29, 1.82) is 0 Å². The number of rotatable bonds is 7. The van der Waals surface area contributed by atoms with Crippen LogP contribution in [0.15, 0.2) is 78.4 Å². The first-order valence-corrected chi connectivity index (χ1v) is 13.0. The molecule has 6 rings (SSSR count). The van der Waals surface area contributed by atoms with Gasteiger partial charge >= 0.3 is 0 Å². The van der Waals surface area contributed by atoms with E-state index in [1.165, 1.54) is 36.2 Å². The van der Waals surface area contributed by atoms with Gasteiger partial charge in [-0.1, -0.05) is 37.5 Å². The molecule has 0 saturated heterocycles. The standard InChI is InChI=1S/C28H26N6OS/c29-22-8-1-2-9-23(22)32-27(35)19-10-12-21(13-11-19)31-28-33-24(17-36-28)25-16-30-26-20(7-4-14-34(25)26)15-18-5-3-6-18/h1-2,4,7-14,16-18H,3,5-6,15,29H2,(H,31,33)(H,32,35). The third-order valence-corrected chi connectivity index (χ3v) is 7.48. The Morgan fingerprint density at radius 1 is 1.08 bits per heavy atom. The number of aromatic nitrogens is 3. The minimum absolute atomic E-state index is 0.208. The summed E-state index contributed by atoms with van der Waals surface area (Å²) in [5.41, 5.74) is 12.6. The van der Waals surface area contributed by atoms with Crippen molar-refractivity contribution in [3.63, 3.8) is 0 Å². The van der Waals surface area contributed by atoms with E-state index in [0.717, 1.165) is 40.2 Å². The first kappa shape index (κ1) is 22.3. The average Bonchev–Trinajstić information content (AvgIpc) is 3.50. The van der Waals surface area contributed by atoms with Gasteiger partial charge in [-0.2, -0.15) is 0 Å². The number of carbonyl (C=O) groups excluding carboxylic acids is 1. The molecule has 4 N–H and O–H groups in total. The summed E-state index contributed by atoms with van der Waals surface area (Å²) in [6, 6.07) is 18.8. The number of pyridine rings is 1. The SMILES string of the molecule is Nc1ccccc1NC(=O)c1ccc(Nc2nc(-c3cnc4c(CC5CCC5)cccn34)cs2)cc1. The van der Waals surface area contributed by atoms with Gasteiger partial charge in [-0.15, -0.1) is 11.3 Å². The number of nitrogen functional groups attached to an aromatic ring is 1. The zero-order chi connectivity index (χ0) is 24.5. The zero-order valence-corrected chi connectivity index (χ0v) is 20.5. The van der Waals surface area contributed by atoms with Gasteiger partial charge in [-0.3, -0.25) is 9.20 Å². The fraction of sp³-hybridized carbons (Fsp3) is 0.179. The van der Waals surface area contributed by atoms with Crippen LogP contribution in [-0.2, 0) is 6.42 Å². The van der Waals surface area contributed by atoms with E-state index in [-0.39, 0.29) is 5.91 Å². The average molecular weight is 495 g/mol. The van der Waals surface area contributed by atoms with Crippen LogP contribution < -0.4 is 16.4 Å². The van der Waals surface area contributed by atoms with Gasteiger partial charge in [0.2, 0.25) is 0 Å². The molecule has 8 heteroatoms. The zero-order valence-electron chi connectivity index (χ0n) is 19.6. The van der Waals surface area contributed by atoms with Crippen LogP contribution in [0.4, 0.5) is 22.2 Å². The quantitative estimate of drug-likeness (QED) is 0.228. The number of carbonyl (C=O) groups is 1. The van der Waals surface area contributed by atoms with Gasteiger partial charge in [0.05, 0.1) is 23.3 Å². The van der Waals surface area contributed by atoms with Crippen molar-refractivity contribution in [1.82, 2.24) is 14.4 Å². The second-order valence-corrected chi connectivity index (χ2v) is 10.0.